The molecule has 0 saturated heterocycles. The van der Waals surface area contributed by atoms with Gasteiger partial charge < -0.3 is 19.5 Å². The molecule has 1 atom stereocenters. The van der Waals surface area contributed by atoms with E-state index in [2.05, 4.69) is 0 Å². The number of amides is 1. The van der Waals surface area contributed by atoms with Gasteiger partial charge in [-0.25, -0.2) is 0 Å². The Labute approximate surface area is 172 Å². The number of rotatable bonds is 6. The van der Waals surface area contributed by atoms with Crippen LogP contribution in [0.1, 0.15) is 34.9 Å². The third-order valence-corrected chi connectivity index (χ3v) is 4.99. The minimum Gasteiger partial charge on any atom is -0.496 e. The lowest BCUT2D eigenvalue weighted by atomic mass is 10.0. The molecule has 0 aliphatic carbocycles. The first-order valence-electron chi connectivity index (χ1n) is 9.12. The molecule has 1 N–H and O–H groups in total. The summed E-state index contributed by atoms with van der Waals surface area (Å²) in [5.74, 6) is -0.194. The Balaban J connectivity index is 2.01. The first kappa shape index (κ1) is 21.0. The van der Waals surface area contributed by atoms with Gasteiger partial charge in [0.25, 0.3) is 11.6 Å². The second-order valence-electron chi connectivity index (χ2n) is 6.53. The van der Waals surface area contributed by atoms with Crippen LogP contribution in [-0.4, -0.2) is 42.8 Å². The van der Waals surface area contributed by atoms with Gasteiger partial charge in [0.05, 0.1) is 43.0 Å². The molecule has 1 aliphatic heterocycles. The van der Waals surface area contributed by atoms with Crippen LogP contribution in [-0.2, 0) is 4.74 Å². The topological polar surface area (TPSA) is 102 Å². The van der Waals surface area contributed by atoms with E-state index in [0.717, 1.165) is 5.56 Å². The first-order chi connectivity index (χ1) is 14.0. The van der Waals surface area contributed by atoms with E-state index in [1.54, 1.807) is 23.1 Å². The quantitative estimate of drug-likeness (QED) is 0.564. The number of non-ortho nitro benzene ring substituents is 1. The number of aliphatic hydroxyl groups is 1. The maximum absolute atomic E-state index is 13.3. The van der Waals surface area contributed by atoms with Gasteiger partial charge in [-0.05, 0) is 37.1 Å². The van der Waals surface area contributed by atoms with Crippen LogP contribution in [0.25, 0.3) is 0 Å². The second-order valence-corrected chi connectivity index (χ2v) is 6.96. The summed E-state index contributed by atoms with van der Waals surface area (Å²) in [6, 6.07) is 9.14. The van der Waals surface area contributed by atoms with Crippen LogP contribution >= 0.6 is 11.6 Å². The van der Waals surface area contributed by atoms with Crippen LogP contribution in [0.2, 0.25) is 5.02 Å². The number of nitro benzene ring substituents is 1. The molecule has 1 aliphatic rings. The predicted molar refractivity (Wildman–Crippen MR) is 108 cm³/mol. The molecule has 2 aromatic carbocycles. The van der Waals surface area contributed by atoms with Crippen molar-refractivity contribution in [1.29, 1.82) is 0 Å². The molecular formula is C20H21ClN2O6. The molecule has 0 aromatic heterocycles. The average molecular weight is 421 g/mol. The summed E-state index contributed by atoms with van der Waals surface area (Å²) in [6.45, 7) is 0.516. The number of hydrogen-bond acceptors (Lipinski definition) is 6. The smallest absolute Gasteiger partial charge is 0.273 e. The zero-order valence-corrected chi connectivity index (χ0v) is 16.6. The first-order valence-corrected chi connectivity index (χ1v) is 9.50. The predicted octanol–water partition coefficient (Wildman–Crippen LogP) is 3.75. The van der Waals surface area contributed by atoms with E-state index >= 15 is 0 Å². The van der Waals surface area contributed by atoms with Crippen molar-refractivity contribution in [2.24, 2.45) is 0 Å². The van der Waals surface area contributed by atoms with E-state index < -0.39 is 4.92 Å². The Hall–Kier alpha value is -2.68. The number of benzene rings is 2. The number of nitro groups is 1. The molecule has 1 amide bonds. The van der Waals surface area contributed by atoms with Crippen LogP contribution in [0.5, 0.6) is 5.75 Å². The van der Waals surface area contributed by atoms with Crippen molar-refractivity contribution in [3.63, 3.8) is 0 Å². The van der Waals surface area contributed by atoms with Crippen molar-refractivity contribution in [2.75, 3.05) is 31.8 Å². The lowest BCUT2D eigenvalue weighted by Crippen LogP contribution is -2.32. The Kier molecular flexibility index (Phi) is 6.68. The van der Waals surface area contributed by atoms with E-state index in [0.29, 0.717) is 30.1 Å². The standard InChI is InChI=1S/C20H21ClN2O6/c1-28-19-12-14(23(26)27)5-6-15(19)20(25)22-8-2-3-18(29-10-9-24)16-11-13(21)4-7-17(16)22/h4-7,11-12,18,24H,2-3,8-10H2,1H3. The number of aliphatic hydroxyl groups excluding tert-OH is 1. The van der Waals surface area contributed by atoms with Crippen LogP contribution in [0.15, 0.2) is 36.4 Å². The van der Waals surface area contributed by atoms with Crippen LogP contribution in [0, 0.1) is 10.1 Å². The molecule has 1 unspecified atom stereocenters. The summed E-state index contributed by atoms with van der Waals surface area (Å²) in [5, 5.41) is 20.6. The van der Waals surface area contributed by atoms with Gasteiger partial charge in [0.1, 0.15) is 5.75 Å². The number of halogens is 1. The van der Waals surface area contributed by atoms with E-state index in [4.69, 9.17) is 26.2 Å². The van der Waals surface area contributed by atoms with E-state index in [-0.39, 0.29) is 42.2 Å². The van der Waals surface area contributed by atoms with E-state index in [1.807, 2.05) is 0 Å². The monoisotopic (exact) mass is 420 g/mol. The molecule has 0 fully saturated rings. The highest BCUT2D eigenvalue weighted by Crippen LogP contribution is 2.38. The lowest BCUT2D eigenvalue weighted by Gasteiger charge is -2.25. The number of carbonyl (C=O) groups is 1. The molecule has 29 heavy (non-hydrogen) atoms. The average Bonchev–Trinajstić information content (AvgIpc) is 2.90. The SMILES string of the molecule is COc1cc([N+](=O)[O-])ccc1C(=O)N1CCCC(OCCO)c2cc(Cl)ccc21. The largest absolute Gasteiger partial charge is 0.496 e. The second kappa shape index (κ2) is 9.21. The molecule has 2 aromatic rings. The number of anilines is 1. The van der Waals surface area contributed by atoms with Crippen molar-refractivity contribution in [2.45, 2.75) is 18.9 Å². The summed E-state index contributed by atoms with van der Waals surface area (Å²) in [6.07, 6.45) is 1.03. The third-order valence-electron chi connectivity index (χ3n) is 4.76. The van der Waals surface area contributed by atoms with Gasteiger partial charge in [0.2, 0.25) is 0 Å². The molecule has 154 valence electrons. The molecule has 9 heteroatoms. The highest BCUT2D eigenvalue weighted by atomic mass is 35.5. The number of carbonyl (C=O) groups excluding carboxylic acids is 1. The Morgan fingerprint density at radius 2 is 2.14 bits per heavy atom. The summed E-state index contributed by atoms with van der Waals surface area (Å²) in [7, 11) is 1.37. The fraction of sp³-hybridized carbons (Fsp3) is 0.350. The van der Waals surface area contributed by atoms with E-state index in [9.17, 15) is 14.9 Å². The number of methoxy groups -OCH3 is 1. The fourth-order valence-corrected chi connectivity index (χ4v) is 3.61. The molecule has 8 nitrogen and oxygen atoms in total. The Morgan fingerprint density at radius 1 is 1.34 bits per heavy atom. The fourth-order valence-electron chi connectivity index (χ4n) is 3.43. The maximum atomic E-state index is 13.3. The highest BCUT2D eigenvalue weighted by Gasteiger charge is 2.29. The van der Waals surface area contributed by atoms with E-state index in [1.165, 1.54) is 25.3 Å². The number of nitrogens with zero attached hydrogens (tertiary/aromatic N) is 2. The zero-order valence-electron chi connectivity index (χ0n) is 15.8. The molecule has 0 radical (unpaired) electrons. The number of ether oxygens (including phenoxy) is 2. The van der Waals surface area contributed by atoms with Gasteiger partial charge >= 0.3 is 0 Å². The lowest BCUT2D eigenvalue weighted by molar-refractivity contribution is -0.384. The van der Waals surface area contributed by atoms with Gasteiger partial charge in [0.15, 0.2) is 0 Å². The van der Waals surface area contributed by atoms with Crippen LogP contribution in [0.4, 0.5) is 11.4 Å². The third kappa shape index (κ3) is 4.50. The van der Waals surface area contributed by atoms with Gasteiger partial charge in [-0.2, -0.15) is 0 Å². The minimum absolute atomic E-state index is 0.102. The van der Waals surface area contributed by atoms with Crippen molar-refractivity contribution >= 4 is 28.9 Å². The molecule has 0 spiro atoms. The Bertz CT molecular complexity index is 920. The zero-order chi connectivity index (χ0) is 21.0. The van der Waals surface area contributed by atoms with Crippen LogP contribution in [0.3, 0.4) is 0 Å². The minimum atomic E-state index is -0.539. The van der Waals surface area contributed by atoms with Crippen molar-refractivity contribution in [3.05, 3.63) is 62.7 Å². The normalized spacial score (nSPS) is 16.1. The van der Waals surface area contributed by atoms with Crippen molar-refractivity contribution < 1.29 is 24.3 Å². The molecule has 3 rings (SSSR count). The van der Waals surface area contributed by atoms with Gasteiger partial charge in [-0.1, -0.05) is 11.6 Å². The summed E-state index contributed by atoms with van der Waals surface area (Å²) in [5.41, 5.74) is 1.49. The Morgan fingerprint density at radius 3 is 2.83 bits per heavy atom. The maximum Gasteiger partial charge on any atom is 0.273 e. The van der Waals surface area contributed by atoms with Crippen LogP contribution < -0.4 is 9.64 Å². The summed E-state index contributed by atoms with van der Waals surface area (Å²) in [4.78, 5) is 25.4. The number of hydrogen-bond donors (Lipinski definition) is 1. The van der Waals surface area contributed by atoms with Gasteiger partial charge in [-0.3, -0.25) is 14.9 Å². The summed E-state index contributed by atoms with van der Waals surface area (Å²) >= 11 is 6.18. The molecular weight excluding hydrogens is 400 g/mol. The van der Waals surface area contributed by atoms with Crippen molar-refractivity contribution in [1.82, 2.24) is 0 Å². The van der Waals surface area contributed by atoms with Gasteiger partial charge in [0, 0.05) is 28.9 Å². The van der Waals surface area contributed by atoms with Gasteiger partial charge in [-0.15, -0.1) is 0 Å². The number of fused-ring (bicyclic) bond motifs is 1. The molecule has 1 heterocycles. The molecule has 0 bridgehead atoms. The summed E-state index contributed by atoms with van der Waals surface area (Å²) < 4.78 is 11.0. The molecule has 0 saturated carbocycles. The highest BCUT2D eigenvalue weighted by molar-refractivity contribution is 6.30. The van der Waals surface area contributed by atoms with Crippen molar-refractivity contribution in [3.8, 4) is 5.75 Å².